The van der Waals surface area contributed by atoms with Crippen molar-refractivity contribution in [3.05, 3.63) is 52.2 Å². The first-order valence-corrected chi connectivity index (χ1v) is 6.32. The number of nitriles is 1. The van der Waals surface area contributed by atoms with E-state index in [2.05, 4.69) is 0 Å². The molecule has 0 atom stereocenters. The topological polar surface area (TPSA) is 93.2 Å². The highest BCUT2D eigenvalue weighted by atomic mass is 35.5. The molecule has 0 spiro atoms. The number of Topliss-reactive ketones (excluding diaryl/α,β-unsaturated/α-hetero) is 1. The molecule has 0 saturated heterocycles. The third-order valence-electron chi connectivity index (χ3n) is 2.41. The summed E-state index contributed by atoms with van der Waals surface area (Å²) < 4.78 is 4.74. The summed E-state index contributed by atoms with van der Waals surface area (Å²) in [7, 11) is 0. The standard InChI is InChI=1S/C15H13ClN2O3/c1-10(18)13(8-17)14(19)9-21-15(20)7-4-11-2-5-12(16)6-3-11/h2-7H,9,18H2,1H3/b7-4+,13-10-. The van der Waals surface area contributed by atoms with Gasteiger partial charge < -0.3 is 10.5 Å². The fraction of sp³-hybridized carbons (Fsp3) is 0.133. The van der Waals surface area contributed by atoms with Crippen LogP contribution in [0.3, 0.4) is 0 Å². The summed E-state index contributed by atoms with van der Waals surface area (Å²) in [4.78, 5) is 23.0. The van der Waals surface area contributed by atoms with Gasteiger partial charge in [-0.3, -0.25) is 4.79 Å². The van der Waals surface area contributed by atoms with E-state index in [0.29, 0.717) is 5.02 Å². The first kappa shape index (κ1) is 16.5. The average Bonchev–Trinajstić information content (AvgIpc) is 2.45. The van der Waals surface area contributed by atoms with E-state index in [1.165, 1.54) is 19.1 Å². The number of allylic oxidation sites excluding steroid dienone is 1. The molecular weight excluding hydrogens is 292 g/mol. The third-order valence-corrected chi connectivity index (χ3v) is 2.66. The van der Waals surface area contributed by atoms with Crippen LogP contribution in [0.4, 0.5) is 0 Å². The number of carbonyl (C=O) groups is 2. The van der Waals surface area contributed by atoms with Crippen LogP contribution in [-0.4, -0.2) is 18.4 Å². The lowest BCUT2D eigenvalue weighted by molar-refractivity contribution is -0.141. The second kappa shape index (κ2) is 7.88. The Morgan fingerprint density at radius 3 is 2.52 bits per heavy atom. The molecule has 0 fully saturated rings. The molecule has 2 N–H and O–H groups in total. The number of halogens is 1. The number of nitrogens with zero attached hydrogens (tertiary/aromatic N) is 1. The number of hydrogen-bond donors (Lipinski definition) is 1. The summed E-state index contributed by atoms with van der Waals surface area (Å²) in [6, 6.07) is 8.50. The number of ether oxygens (including phenoxy) is 1. The molecule has 0 unspecified atom stereocenters. The molecule has 108 valence electrons. The Hall–Kier alpha value is -2.58. The highest BCUT2D eigenvalue weighted by Gasteiger charge is 2.13. The average molecular weight is 305 g/mol. The van der Waals surface area contributed by atoms with Crippen LogP contribution >= 0.6 is 11.6 Å². The van der Waals surface area contributed by atoms with Crippen molar-refractivity contribution in [1.82, 2.24) is 0 Å². The Morgan fingerprint density at radius 2 is 2.00 bits per heavy atom. The first-order valence-electron chi connectivity index (χ1n) is 5.94. The molecule has 0 aromatic heterocycles. The van der Waals surface area contributed by atoms with Crippen molar-refractivity contribution in [2.45, 2.75) is 6.92 Å². The summed E-state index contributed by atoms with van der Waals surface area (Å²) in [5.74, 6) is -1.32. The zero-order valence-corrected chi connectivity index (χ0v) is 12.1. The molecule has 21 heavy (non-hydrogen) atoms. The van der Waals surface area contributed by atoms with Crippen LogP contribution < -0.4 is 5.73 Å². The van der Waals surface area contributed by atoms with Crippen molar-refractivity contribution in [3.8, 4) is 6.07 Å². The van der Waals surface area contributed by atoms with Gasteiger partial charge in [-0.25, -0.2) is 4.79 Å². The molecule has 1 aromatic carbocycles. The molecule has 0 aliphatic carbocycles. The van der Waals surface area contributed by atoms with Gasteiger partial charge in [0, 0.05) is 16.8 Å². The number of hydrogen-bond acceptors (Lipinski definition) is 5. The van der Waals surface area contributed by atoms with Gasteiger partial charge in [0.15, 0.2) is 6.61 Å². The molecule has 1 aromatic rings. The Morgan fingerprint density at radius 1 is 1.38 bits per heavy atom. The smallest absolute Gasteiger partial charge is 0.331 e. The lowest BCUT2D eigenvalue weighted by Gasteiger charge is -2.01. The van der Waals surface area contributed by atoms with Crippen molar-refractivity contribution < 1.29 is 14.3 Å². The first-order chi connectivity index (χ1) is 9.93. The predicted molar refractivity (Wildman–Crippen MR) is 79.0 cm³/mol. The lowest BCUT2D eigenvalue weighted by atomic mass is 10.1. The number of esters is 1. The minimum absolute atomic E-state index is 0.0928. The Balaban J connectivity index is 2.55. The number of benzene rings is 1. The maximum absolute atomic E-state index is 11.6. The normalized spacial score (nSPS) is 11.7. The monoisotopic (exact) mass is 304 g/mol. The Kier molecular flexibility index (Phi) is 6.18. The number of ketones is 1. The third kappa shape index (κ3) is 5.51. The summed E-state index contributed by atoms with van der Waals surface area (Å²) in [5.41, 5.74) is 6.02. The van der Waals surface area contributed by atoms with E-state index < -0.39 is 18.4 Å². The predicted octanol–water partition coefficient (Wildman–Crippen LogP) is 2.22. The van der Waals surface area contributed by atoms with Gasteiger partial charge in [0.25, 0.3) is 0 Å². The van der Waals surface area contributed by atoms with E-state index >= 15 is 0 Å². The molecule has 0 aliphatic heterocycles. The molecule has 0 aliphatic rings. The maximum atomic E-state index is 11.6. The van der Waals surface area contributed by atoms with Crippen LogP contribution in [0.1, 0.15) is 12.5 Å². The minimum atomic E-state index is -0.690. The van der Waals surface area contributed by atoms with Crippen molar-refractivity contribution in [1.29, 1.82) is 5.26 Å². The zero-order valence-electron chi connectivity index (χ0n) is 11.3. The maximum Gasteiger partial charge on any atom is 0.331 e. The molecule has 0 radical (unpaired) electrons. The van der Waals surface area contributed by atoms with Gasteiger partial charge >= 0.3 is 5.97 Å². The van der Waals surface area contributed by atoms with E-state index in [-0.39, 0.29) is 11.3 Å². The lowest BCUT2D eigenvalue weighted by Crippen LogP contribution is -2.16. The van der Waals surface area contributed by atoms with Gasteiger partial charge in [-0.2, -0.15) is 5.26 Å². The van der Waals surface area contributed by atoms with Gasteiger partial charge in [0.1, 0.15) is 11.6 Å². The van der Waals surface area contributed by atoms with E-state index in [9.17, 15) is 9.59 Å². The van der Waals surface area contributed by atoms with Crippen molar-refractivity contribution in [3.63, 3.8) is 0 Å². The van der Waals surface area contributed by atoms with Gasteiger partial charge in [-0.15, -0.1) is 0 Å². The summed E-state index contributed by atoms with van der Waals surface area (Å²) in [6.07, 6.45) is 2.71. The van der Waals surface area contributed by atoms with E-state index in [0.717, 1.165) is 5.56 Å². The van der Waals surface area contributed by atoms with Crippen LogP contribution in [-0.2, 0) is 14.3 Å². The largest absolute Gasteiger partial charge is 0.454 e. The van der Waals surface area contributed by atoms with Crippen LogP contribution in [0.2, 0.25) is 5.02 Å². The van der Waals surface area contributed by atoms with Crippen molar-refractivity contribution >= 4 is 29.4 Å². The summed E-state index contributed by atoms with van der Waals surface area (Å²) in [5, 5.41) is 9.32. The number of rotatable bonds is 5. The molecular formula is C15H13ClN2O3. The molecule has 0 heterocycles. The fourth-order valence-electron chi connectivity index (χ4n) is 1.37. The van der Waals surface area contributed by atoms with Crippen LogP contribution in [0.15, 0.2) is 41.6 Å². The molecule has 0 amide bonds. The number of carbonyl (C=O) groups excluding carboxylic acids is 2. The zero-order chi connectivity index (χ0) is 15.8. The molecule has 1 rings (SSSR count). The SMILES string of the molecule is C/C(N)=C(\C#N)C(=O)COC(=O)/C=C/c1ccc(Cl)cc1. The van der Waals surface area contributed by atoms with Gasteiger partial charge in [0.2, 0.25) is 5.78 Å². The van der Waals surface area contributed by atoms with Crippen LogP contribution in [0, 0.1) is 11.3 Å². The van der Waals surface area contributed by atoms with E-state index in [1.807, 2.05) is 0 Å². The highest BCUT2D eigenvalue weighted by molar-refractivity contribution is 6.30. The summed E-state index contributed by atoms with van der Waals surface area (Å²) in [6.45, 7) is 0.903. The molecule has 0 bridgehead atoms. The Labute approximate surface area is 127 Å². The van der Waals surface area contributed by atoms with Gasteiger partial charge in [-0.1, -0.05) is 23.7 Å². The van der Waals surface area contributed by atoms with E-state index in [4.69, 9.17) is 27.3 Å². The fourth-order valence-corrected chi connectivity index (χ4v) is 1.49. The quantitative estimate of drug-likeness (QED) is 0.511. The molecule has 6 heteroatoms. The second-order valence-corrected chi connectivity index (χ2v) is 4.52. The molecule has 0 saturated carbocycles. The van der Waals surface area contributed by atoms with Crippen molar-refractivity contribution in [2.24, 2.45) is 5.73 Å². The van der Waals surface area contributed by atoms with Crippen LogP contribution in [0.5, 0.6) is 0 Å². The minimum Gasteiger partial charge on any atom is -0.454 e. The highest BCUT2D eigenvalue weighted by Crippen LogP contribution is 2.10. The van der Waals surface area contributed by atoms with Crippen LogP contribution in [0.25, 0.3) is 6.08 Å². The molecule has 5 nitrogen and oxygen atoms in total. The Bertz CT molecular complexity index is 636. The number of nitrogens with two attached hydrogens (primary N) is 1. The second-order valence-electron chi connectivity index (χ2n) is 4.09. The van der Waals surface area contributed by atoms with Gasteiger partial charge in [0.05, 0.1) is 0 Å². The van der Waals surface area contributed by atoms with Crippen molar-refractivity contribution in [2.75, 3.05) is 6.61 Å². The summed E-state index contributed by atoms with van der Waals surface area (Å²) >= 11 is 5.73. The van der Waals surface area contributed by atoms with E-state index in [1.54, 1.807) is 30.3 Å². The van der Waals surface area contributed by atoms with Gasteiger partial charge in [-0.05, 0) is 30.7 Å².